The number of hydrogen-bond donors (Lipinski definition) is 2. The summed E-state index contributed by atoms with van der Waals surface area (Å²) in [5, 5.41) is 28.5. The standard InChI is InChI=1S/C16H12N4O5/c21-14(9-25-13-8-4-3-7-12(13)20(23)24)18-19-15-10-5-1-2-6-11(10)17-16(15)22/h1-8,17,22H,9H2. The van der Waals surface area contributed by atoms with E-state index in [1.165, 1.54) is 18.2 Å². The Labute approximate surface area is 140 Å². The van der Waals surface area contributed by atoms with Crippen LogP contribution in [0.2, 0.25) is 0 Å². The Morgan fingerprint density at radius 2 is 1.92 bits per heavy atom. The van der Waals surface area contributed by atoms with Gasteiger partial charge in [-0.3, -0.25) is 14.9 Å². The van der Waals surface area contributed by atoms with Crippen molar-refractivity contribution >= 4 is 28.2 Å². The lowest BCUT2D eigenvalue weighted by Crippen LogP contribution is -2.09. The molecule has 0 fully saturated rings. The van der Waals surface area contributed by atoms with Crippen molar-refractivity contribution in [3.05, 3.63) is 58.6 Å². The number of carbonyl (C=O) groups excluding carboxylic acids is 1. The third kappa shape index (κ3) is 3.44. The number of nitro groups is 1. The zero-order valence-electron chi connectivity index (χ0n) is 12.7. The molecule has 0 saturated carbocycles. The molecule has 0 aliphatic carbocycles. The molecule has 9 heteroatoms. The van der Waals surface area contributed by atoms with Gasteiger partial charge in [-0.2, -0.15) is 0 Å². The molecular formula is C16H12N4O5. The predicted molar refractivity (Wildman–Crippen MR) is 88.1 cm³/mol. The smallest absolute Gasteiger partial charge is 0.310 e. The Bertz CT molecular complexity index is 980. The zero-order chi connectivity index (χ0) is 17.8. The average Bonchev–Trinajstić information content (AvgIpc) is 2.93. The highest BCUT2D eigenvalue weighted by Gasteiger charge is 2.15. The van der Waals surface area contributed by atoms with Crippen molar-refractivity contribution < 1.29 is 19.6 Å². The van der Waals surface area contributed by atoms with E-state index in [0.717, 1.165) is 0 Å². The van der Waals surface area contributed by atoms with Crippen molar-refractivity contribution in [2.45, 2.75) is 0 Å². The lowest BCUT2D eigenvalue weighted by atomic mass is 10.2. The number of ether oxygens (including phenoxy) is 1. The minimum absolute atomic E-state index is 0.0361. The highest BCUT2D eigenvalue weighted by molar-refractivity contribution is 5.94. The van der Waals surface area contributed by atoms with Gasteiger partial charge in [-0.05, 0) is 12.1 Å². The second-order valence-electron chi connectivity index (χ2n) is 4.98. The highest BCUT2D eigenvalue weighted by atomic mass is 16.6. The number of carbonyl (C=O) groups is 1. The number of aromatic nitrogens is 1. The maximum atomic E-state index is 11.8. The number of nitrogens with one attached hydrogen (secondary N) is 1. The Morgan fingerprint density at radius 3 is 2.72 bits per heavy atom. The van der Waals surface area contributed by atoms with Gasteiger partial charge in [-0.25, -0.2) is 0 Å². The number of H-pyrrole nitrogens is 1. The molecule has 3 aromatic rings. The Kier molecular flexibility index (Phi) is 4.38. The van der Waals surface area contributed by atoms with Gasteiger partial charge in [0, 0.05) is 11.5 Å². The molecule has 1 aromatic heterocycles. The molecule has 25 heavy (non-hydrogen) atoms. The molecule has 0 bridgehead atoms. The lowest BCUT2D eigenvalue weighted by Gasteiger charge is -2.03. The maximum absolute atomic E-state index is 11.8. The van der Waals surface area contributed by atoms with Gasteiger partial charge in [-0.1, -0.05) is 30.3 Å². The number of amides is 1. The summed E-state index contributed by atoms with van der Waals surface area (Å²) < 4.78 is 5.13. The maximum Gasteiger partial charge on any atom is 0.310 e. The number of aromatic amines is 1. The van der Waals surface area contributed by atoms with Crippen LogP contribution in [-0.4, -0.2) is 27.5 Å². The fourth-order valence-electron chi connectivity index (χ4n) is 2.22. The third-order valence-electron chi connectivity index (χ3n) is 3.33. The summed E-state index contributed by atoms with van der Waals surface area (Å²) in [6, 6.07) is 12.7. The fraction of sp³-hybridized carbons (Fsp3) is 0.0625. The molecule has 0 aliphatic heterocycles. The van der Waals surface area contributed by atoms with Crippen LogP contribution in [0.1, 0.15) is 0 Å². The minimum atomic E-state index is -0.747. The molecule has 1 heterocycles. The SMILES string of the molecule is O=C(COc1ccccc1[N+](=O)[O-])N=Nc1c(O)[nH]c2ccccc12. The van der Waals surface area contributed by atoms with Crippen LogP contribution in [0.4, 0.5) is 11.4 Å². The summed E-state index contributed by atoms with van der Waals surface area (Å²) in [5.41, 5.74) is 0.536. The molecule has 126 valence electrons. The van der Waals surface area contributed by atoms with Crippen LogP contribution in [0.25, 0.3) is 10.9 Å². The van der Waals surface area contributed by atoms with E-state index < -0.39 is 17.4 Å². The summed E-state index contributed by atoms with van der Waals surface area (Å²) in [4.78, 5) is 24.8. The number of para-hydroxylation sites is 3. The average molecular weight is 340 g/mol. The van der Waals surface area contributed by atoms with Gasteiger partial charge >= 0.3 is 11.6 Å². The predicted octanol–water partition coefficient (Wildman–Crippen LogP) is 3.47. The zero-order valence-corrected chi connectivity index (χ0v) is 12.7. The Hall–Kier alpha value is -3.75. The molecule has 2 aromatic carbocycles. The van der Waals surface area contributed by atoms with E-state index in [-0.39, 0.29) is 23.0 Å². The van der Waals surface area contributed by atoms with Crippen LogP contribution in [0.15, 0.2) is 58.8 Å². The number of hydrogen-bond acceptors (Lipinski definition) is 6. The first-order valence-electron chi connectivity index (χ1n) is 7.16. The molecule has 9 nitrogen and oxygen atoms in total. The second kappa shape index (κ2) is 6.79. The van der Waals surface area contributed by atoms with Crippen LogP contribution in [0, 0.1) is 10.1 Å². The van der Waals surface area contributed by atoms with Crippen molar-refractivity contribution in [3.8, 4) is 11.6 Å². The molecular weight excluding hydrogens is 328 g/mol. The number of rotatable bonds is 5. The van der Waals surface area contributed by atoms with Crippen molar-refractivity contribution in [2.24, 2.45) is 10.2 Å². The van der Waals surface area contributed by atoms with Gasteiger partial charge in [0.1, 0.15) is 0 Å². The van der Waals surface area contributed by atoms with Gasteiger partial charge in [0.25, 0.3) is 0 Å². The van der Waals surface area contributed by atoms with Crippen LogP contribution in [0.5, 0.6) is 11.6 Å². The number of azo groups is 1. The number of aromatic hydroxyl groups is 1. The molecule has 2 N–H and O–H groups in total. The van der Waals surface area contributed by atoms with E-state index in [1.54, 1.807) is 30.3 Å². The largest absolute Gasteiger partial charge is 0.493 e. The Balaban J connectivity index is 1.72. The fourth-order valence-corrected chi connectivity index (χ4v) is 2.22. The molecule has 1 amide bonds. The number of benzene rings is 2. The van der Waals surface area contributed by atoms with E-state index in [2.05, 4.69) is 15.2 Å². The van der Waals surface area contributed by atoms with Gasteiger partial charge in [0.2, 0.25) is 5.88 Å². The first-order chi connectivity index (χ1) is 12.1. The van der Waals surface area contributed by atoms with Gasteiger partial charge in [0.15, 0.2) is 18.0 Å². The van der Waals surface area contributed by atoms with E-state index in [0.29, 0.717) is 10.9 Å². The summed E-state index contributed by atoms with van der Waals surface area (Å²) in [6.07, 6.45) is 0. The van der Waals surface area contributed by atoms with Crippen molar-refractivity contribution in [3.63, 3.8) is 0 Å². The number of nitro benzene ring substituents is 1. The number of fused-ring (bicyclic) bond motifs is 1. The number of nitrogens with zero attached hydrogens (tertiary/aromatic N) is 3. The van der Waals surface area contributed by atoms with Crippen molar-refractivity contribution in [1.29, 1.82) is 0 Å². The molecule has 0 atom stereocenters. The van der Waals surface area contributed by atoms with Crippen LogP contribution in [-0.2, 0) is 4.79 Å². The normalized spacial score (nSPS) is 11.0. The van der Waals surface area contributed by atoms with Crippen molar-refractivity contribution in [2.75, 3.05) is 6.61 Å². The monoisotopic (exact) mass is 340 g/mol. The molecule has 0 aliphatic rings. The topological polar surface area (TPSA) is 130 Å². The van der Waals surface area contributed by atoms with Crippen LogP contribution < -0.4 is 4.74 Å². The van der Waals surface area contributed by atoms with Crippen molar-refractivity contribution in [1.82, 2.24) is 4.98 Å². The quantitative estimate of drug-likeness (QED) is 0.417. The summed E-state index contributed by atoms with van der Waals surface area (Å²) >= 11 is 0. The minimum Gasteiger partial charge on any atom is -0.493 e. The summed E-state index contributed by atoms with van der Waals surface area (Å²) in [7, 11) is 0. The van der Waals surface area contributed by atoms with Crippen LogP contribution >= 0.6 is 0 Å². The molecule has 0 radical (unpaired) electrons. The second-order valence-corrected chi connectivity index (χ2v) is 4.98. The van der Waals surface area contributed by atoms with E-state index in [9.17, 15) is 20.0 Å². The van der Waals surface area contributed by atoms with Gasteiger partial charge in [0.05, 0.1) is 10.4 Å². The lowest BCUT2D eigenvalue weighted by molar-refractivity contribution is -0.385. The van der Waals surface area contributed by atoms with Gasteiger partial charge in [-0.15, -0.1) is 10.2 Å². The highest BCUT2D eigenvalue weighted by Crippen LogP contribution is 2.35. The van der Waals surface area contributed by atoms with E-state index >= 15 is 0 Å². The molecule has 0 saturated heterocycles. The molecule has 0 unspecified atom stereocenters. The van der Waals surface area contributed by atoms with E-state index in [1.807, 2.05) is 0 Å². The summed E-state index contributed by atoms with van der Waals surface area (Å²) in [6.45, 7) is -0.516. The van der Waals surface area contributed by atoms with E-state index in [4.69, 9.17) is 4.74 Å². The van der Waals surface area contributed by atoms with Crippen LogP contribution in [0.3, 0.4) is 0 Å². The van der Waals surface area contributed by atoms with Gasteiger partial charge < -0.3 is 14.8 Å². The molecule has 0 spiro atoms. The summed E-state index contributed by atoms with van der Waals surface area (Å²) in [5.74, 6) is -0.994. The molecule has 3 rings (SSSR count). The first-order valence-corrected chi connectivity index (χ1v) is 7.16. The first kappa shape index (κ1) is 16.1. The third-order valence-corrected chi connectivity index (χ3v) is 3.33. The Morgan fingerprint density at radius 1 is 1.20 bits per heavy atom.